The summed E-state index contributed by atoms with van der Waals surface area (Å²) >= 11 is 0. The largest absolute Gasteiger partial charge is 0.465 e. The molecule has 0 aliphatic carbocycles. The van der Waals surface area contributed by atoms with Gasteiger partial charge >= 0.3 is 5.97 Å². The lowest BCUT2D eigenvalue weighted by Crippen LogP contribution is -2.03. The minimum atomic E-state index is -0.702. The Morgan fingerprint density at radius 1 is 1.70 bits per heavy atom. The second kappa shape index (κ2) is 3.60. The van der Waals surface area contributed by atoms with E-state index in [1.807, 2.05) is 0 Å². The van der Waals surface area contributed by atoms with Gasteiger partial charge in [-0.1, -0.05) is 0 Å². The van der Waals surface area contributed by atoms with Crippen LogP contribution in [0.1, 0.15) is 6.92 Å². The fourth-order valence-corrected chi connectivity index (χ4v) is 0.372. The van der Waals surface area contributed by atoms with Crippen molar-refractivity contribution in [2.45, 2.75) is 6.92 Å². The van der Waals surface area contributed by atoms with Crippen molar-refractivity contribution < 1.29 is 14.5 Å². The number of ether oxygens (including phenoxy) is 1. The molecule has 0 bridgehead atoms. The Balaban J connectivity index is 4.19. The molecule has 0 unspecified atom stereocenters. The zero-order valence-electron chi connectivity index (χ0n) is 5.66. The molecule has 10 heavy (non-hydrogen) atoms. The number of hydrogen-bond donors (Lipinski definition) is 0. The summed E-state index contributed by atoms with van der Waals surface area (Å²) in [6, 6.07) is 0. The molecular weight excluding hydrogens is 138 g/mol. The average molecular weight is 145 g/mol. The molecule has 5 heteroatoms. The number of hydrogen-bond acceptors (Lipinski definition) is 4. The van der Waals surface area contributed by atoms with Crippen LogP contribution in [0.5, 0.6) is 0 Å². The Labute approximate surface area is 57.4 Å². The molecule has 0 fully saturated rings. The summed E-state index contributed by atoms with van der Waals surface area (Å²) in [5.74, 6) is -0.684. The standard InChI is InChI=1S/C5H7NO4/c1-4(3-6(8)9)5(7)10-2/h3H,1-2H3/b4-3+. The first-order valence-electron chi connectivity index (χ1n) is 2.48. The van der Waals surface area contributed by atoms with Crippen molar-refractivity contribution in [1.82, 2.24) is 0 Å². The summed E-state index contributed by atoms with van der Waals surface area (Å²) in [6.07, 6.45) is 0.603. The fourth-order valence-electron chi connectivity index (χ4n) is 0.372. The summed E-state index contributed by atoms with van der Waals surface area (Å²) in [5, 5.41) is 9.75. The summed E-state index contributed by atoms with van der Waals surface area (Å²) < 4.78 is 4.20. The van der Waals surface area contributed by atoms with E-state index in [9.17, 15) is 14.9 Å². The van der Waals surface area contributed by atoms with Gasteiger partial charge in [-0.15, -0.1) is 0 Å². The maximum absolute atomic E-state index is 10.5. The van der Waals surface area contributed by atoms with E-state index in [1.165, 1.54) is 14.0 Å². The molecule has 0 aromatic carbocycles. The van der Waals surface area contributed by atoms with Crippen LogP contribution in [0.3, 0.4) is 0 Å². The van der Waals surface area contributed by atoms with E-state index in [0.29, 0.717) is 6.20 Å². The third-order valence-electron chi connectivity index (χ3n) is 0.806. The van der Waals surface area contributed by atoms with Crippen molar-refractivity contribution in [2.75, 3.05) is 7.11 Å². The third-order valence-corrected chi connectivity index (χ3v) is 0.806. The molecule has 0 aliphatic rings. The minimum Gasteiger partial charge on any atom is -0.465 e. The molecule has 56 valence electrons. The van der Waals surface area contributed by atoms with E-state index in [2.05, 4.69) is 4.74 Å². The summed E-state index contributed by atoms with van der Waals surface area (Å²) in [7, 11) is 1.17. The van der Waals surface area contributed by atoms with Crippen molar-refractivity contribution in [2.24, 2.45) is 0 Å². The molecule has 0 spiro atoms. The Morgan fingerprint density at radius 2 is 2.20 bits per heavy atom. The maximum Gasteiger partial charge on any atom is 0.339 e. The molecule has 0 aromatic rings. The number of nitrogens with zero attached hydrogens (tertiary/aromatic N) is 1. The summed E-state index contributed by atoms with van der Waals surface area (Å²) in [5.41, 5.74) is -0.0208. The normalized spacial score (nSPS) is 10.8. The lowest BCUT2D eigenvalue weighted by Gasteiger charge is -1.92. The van der Waals surface area contributed by atoms with Gasteiger partial charge in [-0.25, -0.2) is 4.79 Å². The fraction of sp³-hybridized carbons (Fsp3) is 0.400. The van der Waals surface area contributed by atoms with Gasteiger partial charge in [0.1, 0.15) is 5.57 Å². The van der Waals surface area contributed by atoms with Crippen molar-refractivity contribution in [3.8, 4) is 0 Å². The minimum absolute atomic E-state index is 0.0208. The Bertz CT molecular complexity index is 184. The predicted octanol–water partition coefficient (Wildman–Crippen LogP) is 0.340. The summed E-state index contributed by atoms with van der Waals surface area (Å²) in [6.45, 7) is 1.31. The van der Waals surface area contributed by atoms with Crippen molar-refractivity contribution in [3.63, 3.8) is 0 Å². The maximum atomic E-state index is 10.5. The molecule has 0 radical (unpaired) electrons. The number of nitro groups is 1. The van der Waals surface area contributed by atoms with Gasteiger partial charge in [0.2, 0.25) is 6.20 Å². The number of rotatable bonds is 2. The highest BCUT2D eigenvalue weighted by Crippen LogP contribution is 1.93. The molecule has 0 heterocycles. The highest BCUT2D eigenvalue weighted by Gasteiger charge is 2.06. The molecular formula is C5H7NO4. The monoisotopic (exact) mass is 145 g/mol. The van der Waals surface area contributed by atoms with E-state index < -0.39 is 10.9 Å². The lowest BCUT2D eigenvalue weighted by molar-refractivity contribution is -0.403. The average Bonchev–Trinajstić information content (AvgIpc) is 1.85. The van der Waals surface area contributed by atoms with E-state index in [1.54, 1.807) is 0 Å². The van der Waals surface area contributed by atoms with Crippen LogP contribution in [-0.4, -0.2) is 18.0 Å². The highest BCUT2D eigenvalue weighted by molar-refractivity contribution is 5.87. The first-order chi connectivity index (χ1) is 4.57. The molecule has 0 saturated carbocycles. The van der Waals surface area contributed by atoms with Gasteiger partial charge in [0.25, 0.3) is 0 Å². The van der Waals surface area contributed by atoms with Gasteiger partial charge < -0.3 is 4.74 Å². The molecule has 0 atom stereocenters. The number of carbonyl (C=O) groups is 1. The molecule has 0 amide bonds. The van der Waals surface area contributed by atoms with E-state index in [0.717, 1.165) is 0 Å². The molecule has 0 aliphatic heterocycles. The van der Waals surface area contributed by atoms with E-state index in [4.69, 9.17) is 0 Å². The van der Waals surface area contributed by atoms with Crippen LogP contribution in [0, 0.1) is 10.1 Å². The van der Waals surface area contributed by atoms with Crippen LogP contribution in [0.4, 0.5) is 0 Å². The van der Waals surface area contributed by atoms with Crippen LogP contribution in [0.15, 0.2) is 11.8 Å². The van der Waals surface area contributed by atoms with Crippen LogP contribution >= 0.6 is 0 Å². The number of esters is 1. The third kappa shape index (κ3) is 2.81. The topological polar surface area (TPSA) is 69.4 Å². The van der Waals surface area contributed by atoms with Gasteiger partial charge in [-0.05, 0) is 6.92 Å². The Hall–Kier alpha value is -1.39. The zero-order chi connectivity index (χ0) is 8.15. The quantitative estimate of drug-likeness (QED) is 0.243. The van der Waals surface area contributed by atoms with Gasteiger partial charge in [0.05, 0.1) is 12.0 Å². The van der Waals surface area contributed by atoms with E-state index in [-0.39, 0.29) is 5.57 Å². The molecule has 5 nitrogen and oxygen atoms in total. The Kier molecular flexibility index (Phi) is 3.10. The second-order valence-electron chi connectivity index (χ2n) is 1.59. The van der Waals surface area contributed by atoms with Gasteiger partial charge in [0.15, 0.2) is 0 Å². The van der Waals surface area contributed by atoms with E-state index >= 15 is 0 Å². The second-order valence-corrected chi connectivity index (χ2v) is 1.59. The summed E-state index contributed by atoms with van der Waals surface area (Å²) in [4.78, 5) is 19.5. The van der Waals surface area contributed by atoms with Crippen LogP contribution in [0.25, 0.3) is 0 Å². The van der Waals surface area contributed by atoms with Crippen molar-refractivity contribution >= 4 is 5.97 Å². The predicted molar refractivity (Wildman–Crippen MR) is 32.8 cm³/mol. The van der Waals surface area contributed by atoms with Crippen LogP contribution in [0.2, 0.25) is 0 Å². The smallest absolute Gasteiger partial charge is 0.339 e. The van der Waals surface area contributed by atoms with Gasteiger partial charge in [-0.3, -0.25) is 10.1 Å². The SMILES string of the molecule is COC(=O)/C(C)=C/[N+](=O)[O-]. The molecule has 0 N–H and O–H groups in total. The van der Waals surface area contributed by atoms with Crippen molar-refractivity contribution in [1.29, 1.82) is 0 Å². The number of carbonyl (C=O) groups excluding carboxylic acids is 1. The van der Waals surface area contributed by atoms with Gasteiger partial charge in [0, 0.05) is 0 Å². The van der Waals surface area contributed by atoms with Crippen molar-refractivity contribution in [3.05, 3.63) is 21.9 Å². The first-order valence-corrected chi connectivity index (χ1v) is 2.48. The molecule has 0 aromatic heterocycles. The van der Waals surface area contributed by atoms with Crippen LogP contribution in [-0.2, 0) is 9.53 Å². The zero-order valence-corrected chi connectivity index (χ0v) is 5.66. The van der Waals surface area contributed by atoms with Crippen LogP contribution < -0.4 is 0 Å². The highest BCUT2D eigenvalue weighted by atomic mass is 16.6. The Morgan fingerprint density at radius 3 is 2.50 bits per heavy atom. The first kappa shape index (κ1) is 8.61. The number of methoxy groups -OCH3 is 1. The molecule has 0 rings (SSSR count). The molecule has 0 saturated heterocycles. The lowest BCUT2D eigenvalue weighted by atomic mass is 10.3. The van der Waals surface area contributed by atoms with Gasteiger partial charge in [-0.2, -0.15) is 0 Å².